The molecule has 5 heteroatoms. The van der Waals surface area contributed by atoms with E-state index >= 15 is 0 Å². The van der Waals surface area contributed by atoms with Crippen LogP contribution >= 0.6 is 0 Å². The molecule has 1 amide bonds. The molecule has 3 aliphatic rings. The van der Waals surface area contributed by atoms with Gasteiger partial charge < -0.3 is 20.2 Å². The Morgan fingerprint density at radius 3 is 1.81 bits per heavy atom. The highest BCUT2D eigenvalue weighted by molar-refractivity contribution is 5.77. The van der Waals surface area contributed by atoms with Gasteiger partial charge in [0.25, 0.3) is 0 Å². The van der Waals surface area contributed by atoms with Gasteiger partial charge in [-0.15, -0.1) is 0 Å². The Morgan fingerprint density at radius 2 is 1.33 bits per heavy atom. The molecule has 160 valence electrons. The first-order valence-corrected chi connectivity index (χ1v) is 11.6. The lowest BCUT2D eigenvalue weighted by molar-refractivity contribution is -0.135. The van der Waals surface area contributed by atoms with Crippen LogP contribution in [-0.4, -0.2) is 73.2 Å². The van der Waals surface area contributed by atoms with Gasteiger partial charge in [-0.2, -0.15) is 0 Å². The Hall–Kier alpha value is -0.650. The molecule has 0 aromatic heterocycles. The molecule has 0 bridgehead atoms. The minimum absolute atomic E-state index is 0.0970. The molecule has 27 heavy (non-hydrogen) atoms. The topological polar surface area (TPSA) is 55.8 Å². The summed E-state index contributed by atoms with van der Waals surface area (Å²) in [7, 11) is 0. The monoisotopic (exact) mass is 383 g/mol. The van der Waals surface area contributed by atoms with Crippen molar-refractivity contribution in [2.24, 2.45) is 17.8 Å². The maximum atomic E-state index is 11.5. The number of nitrogens with one attached hydrogen (secondary N) is 1. The van der Waals surface area contributed by atoms with Crippen LogP contribution in [-0.2, 0) is 4.79 Å². The van der Waals surface area contributed by atoms with Crippen LogP contribution in [0, 0.1) is 17.8 Å². The standard InChI is InChI=1S/C18H33N3O2.2C2H6/c22-14-18(23)21-11-5-17(6-12-21)16-3-9-20(10-4-16)13-15-1-7-19-8-2-15;2*1-2/h15-17,19,22H,1-14H2;2*1-2H3. The maximum absolute atomic E-state index is 11.5. The largest absolute Gasteiger partial charge is 0.387 e. The summed E-state index contributed by atoms with van der Waals surface area (Å²) < 4.78 is 0. The van der Waals surface area contributed by atoms with Gasteiger partial charge in [-0.05, 0) is 82.5 Å². The van der Waals surface area contributed by atoms with Crippen molar-refractivity contribution in [2.75, 3.05) is 52.4 Å². The summed E-state index contributed by atoms with van der Waals surface area (Å²) in [4.78, 5) is 16.1. The smallest absolute Gasteiger partial charge is 0.248 e. The van der Waals surface area contributed by atoms with E-state index in [9.17, 15) is 4.79 Å². The molecule has 0 spiro atoms. The molecule has 0 atom stereocenters. The van der Waals surface area contributed by atoms with Crippen LogP contribution in [0.15, 0.2) is 0 Å². The van der Waals surface area contributed by atoms with E-state index in [4.69, 9.17) is 5.11 Å². The SMILES string of the molecule is CC.CC.O=C(CO)N1CCC(C2CCN(CC3CCNCC3)CC2)CC1. The number of carbonyl (C=O) groups is 1. The van der Waals surface area contributed by atoms with Crippen molar-refractivity contribution in [1.82, 2.24) is 15.1 Å². The molecular formula is C22H45N3O2. The molecule has 3 aliphatic heterocycles. The van der Waals surface area contributed by atoms with E-state index < -0.39 is 0 Å². The van der Waals surface area contributed by atoms with Gasteiger partial charge in [0.1, 0.15) is 6.61 Å². The fourth-order valence-electron chi connectivity index (χ4n) is 4.76. The predicted molar refractivity (Wildman–Crippen MR) is 114 cm³/mol. The summed E-state index contributed by atoms with van der Waals surface area (Å²) in [5.41, 5.74) is 0. The first-order valence-electron chi connectivity index (χ1n) is 11.6. The van der Waals surface area contributed by atoms with Crippen molar-refractivity contribution >= 4 is 5.91 Å². The lowest BCUT2D eigenvalue weighted by Crippen LogP contribution is -2.44. The summed E-state index contributed by atoms with van der Waals surface area (Å²) in [5, 5.41) is 12.4. The van der Waals surface area contributed by atoms with Gasteiger partial charge in [-0.3, -0.25) is 4.79 Å². The molecule has 3 saturated heterocycles. The van der Waals surface area contributed by atoms with Gasteiger partial charge >= 0.3 is 0 Å². The Kier molecular flexibility index (Phi) is 13.0. The van der Waals surface area contributed by atoms with Crippen molar-refractivity contribution < 1.29 is 9.90 Å². The fourth-order valence-corrected chi connectivity index (χ4v) is 4.76. The summed E-state index contributed by atoms with van der Waals surface area (Å²) in [5.74, 6) is 2.45. The quantitative estimate of drug-likeness (QED) is 0.784. The molecule has 2 N–H and O–H groups in total. The number of aliphatic hydroxyl groups is 1. The number of likely N-dealkylation sites (tertiary alicyclic amines) is 2. The lowest BCUT2D eigenvalue weighted by Gasteiger charge is -2.41. The van der Waals surface area contributed by atoms with Crippen molar-refractivity contribution in [1.29, 1.82) is 0 Å². The van der Waals surface area contributed by atoms with E-state index in [-0.39, 0.29) is 12.5 Å². The molecule has 0 saturated carbocycles. The van der Waals surface area contributed by atoms with Gasteiger partial charge in [0.2, 0.25) is 5.91 Å². The minimum Gasteiger partial charge on any atom is -0.387 e. The molecule has 0 unspecified atom stereocenters. The van der Waals surface area contributed by atoms with Crippen LogP contribution in [0.1, 0.15) is 66.2 Å². The number of carbonyl (C=O) groups excluding carboxylic acids is 1. The summed E-state index contributed by atoms with van der Waals surface area (Å²) >= 11 is 0. The molecule has 3 rings (SSSR count). The average Bonchev–Trinajstić information content (AvgIpc) is 2.77. The summed E-state index contributed by atoms with van der Waals surface area (Å²) in [6, 6.07) is 0. The third kappa shape index (κ3) is 8.08. The third-order valence-corrected chi connectivity index (χ3v) is 6.30. The predicted octanol–water partition coefficient (Wildman–Crippen LogP) is 2.98. The Bertz CT molecular complexity index is 370. The first kappa shape index (κ1) is 24.4. The van der Waals surface area contributed by atoms with Crippen LogP contribution in [0.5, 0.6) is 0 Å². The molecule has 5 nitrogen and oxygen atoms in total. The van der Waals surface area contributed by atoms with Crippen LogP contribution in [0.2, 0.25) is 0 Å². The number of hydrogen-bond acceptors (Lipinski definition) is 4. The van der Waals surface area contributed by atoms with Gasteiger partial charge in [0.05, 0.1) is 0 Å². The van der Waals surface area contributed by atoms with Gasteiger partial charge in [-0.25, -0.2) is 0 Å². The zero-order valence-corrected chi connectivity index (χ0v) is 18.4. The molecule has 0 aromatic rings. The van der Waals surface area contributed by atoms with Crippen molar-refractivity contribution in [3.8, 4) is 0 Å². The van der Waals surface area contributed by atoms with E-state index in [0.29, 0.717) is 0 Å². The third-order valence-electron chi connectivity index (χ3n) is 6.30. The van der Waals surface area contributed by atoms with Crippen LogP contribution in [0.25, 0.3) is 0 Å². The van der Waals surface area contributed by atoms with Gasteiger partial charge in [0.15, 0.2) is 0 Å². The fraction of sp³-hybridized carbons (Fsp3) is 0.955. The zero-order valence-electron chi connectivity index (χ0n) is 18.4. The highest BCUT2D eigenvalue weighted by Gasteiger charge is 2.31. The van der Waals surface area contributed by atoms with Crippen molar-refractivity contribution in [2.45, 2.75) is 66.2 Å². The minimum atomic E-state index is -0.334. The average molecular weight is 384 g/mol. The second-order valence-electron chi connectivity index (χ2n) is 7.71. The molecule has 0 radical (unpaired) electrons. The molecule has 3 heterocycles. The van der Waals surface area contributed by atoms with E-state index in [1.807, 2.05) is 32.6 Å². The normalized spacial score (nSPS) is 23.1. The molecular weight excluding hydrogens is 338 g/mol. The number of rotatable bonds is 4. The van der Waals surface area contributed by atoms with E-state index in [1.54, 1.807) is 0 Å². The number of piperidine rings is 3. The van der Waals surface area contributed by atoms with Crippen LogP contribution < -0.4 is 5.32 Å². The van der Waals surface area contributed by atoms with Gasteiger partial charge in [0, 0.05) is 19.6 Å². The number of amides is 1. The lowest BCUT2D eigenvalue weighted by atomic mass is 9.78. The number of hydrogen-bond donors (Lipinski definition) is 2. The van der Waals surface area contributed by atoms with Crippen molar-refractivity contribution in [3.05, 3.63) is 0 Å². The second kappa shape index (κ2) is 14.4. The van der Waals surface area contributed by atoms with Gasteiger partial charge in [-0.1, -0.05) is 27.7 Å². The Balaban J connectivity index is 0.000000855. The number of nitrogens with zero attached hydrogens (tertiary/aromatic N) is 2. The van der Waals surface area contributed by atoms with Crippen LogP contribution in [0.3, 0.4) is 0 Å². The molecule has 0 aliphatic carbocycles. The van der Waals surface area contributed by atoms with Crippen LogP contribution in [0.4, 0.5) is 0 Å². The molecule has 0 aromatic carbocycles. The Labute approximate surface area is 167 Å². The maximum Gasteiger partial charge on any atom is 0.248 e. The van der Waals surface area contributed by atoms with E-state index in [1.165, 1.54) is 58.4 Å². The first-order chi connectivity index (χ1) is 13.3. The van der Waals surface area contributed by atoms with Crippen molar-refractivity contribution in [3.63, 3.8) is 0 Å². The van der Waals surface area contributed by atoms with E-state index in [0.717, 1.165) is 43.7 Å². The highest BCUT2D eigenvalue weighted by Crippen LogP contribution is 2.33. The summed E-state index contributed by atoms with van der Waals surface area (Å²) in [6.07, 6.45) is 7.62. The summed E-state index contributed by atoms with van der Waals surface area (Å²) in [6.45, 7) is 15.6. The Morgan fingerprint density at radius 1 is 0.852 bits per heavy atom. The molecule has 3 fully saturated rings. The van der Waals surface area contributed by atoms with E-state index in [2.05, 4.69) is 10.2 Å². The second-order valence-corrected chi connectivity index (χ2v) is 7.71. The highest BCUT2D eigenvalue weighted by atomic mass is 16.3. The number of aliphatic hydroxyl groups excluding tert-OH is 1. The zero-order chi connectivity index (χ0) is 20.1.